The number of rotatable bonds is 3. The van der Waals surface area contributed by atoms with Gasteiger partial charge in [-0.25, -0.2) is 4.39 Å². The molecule has 0 radical (unpaired) electrons. The van der Waals surface area contributed by atoms with Gasteiger partial charge in [0.2, 0.25) is 0 Å². The molecule has 2 aromatic rings. The number of amides is 1. The first-order valence-corrected chi connectivity index (χ1v) is 8.72. The zero-order valence-corrected chi connectivity index (χ0v) is 14.5. The van der Waals surface area contributed by atoms with E-state index in [2.05, 4.69) is 4.74 Å². The van der Waals surface area contributed by atoms with E-state index in [0.717, 1.165) is 37.0 Å². The van der Waals surface area contributed by atoms with E-state index >= 15 is 0 Å². The Morgan fingerprint density at radius 3 is 2.52 bits per heavy atom. The highest BCUT2D eigenvalue weighted by molar-refractivity contribution is 5.94. The predicted molar refractivity (Wildman–Crippen MR) is 92.0 cm³/mol. The number of likely N-dealkylation sites (tertiary alicyclic amines) is 1. The number of benzene rings is 2. The van der Waals surface area contributed by atoms with Crippen LogP contribution in [0, 0.1) is 5.82 Å². The van der Waals surface area contributed by atoms with Crippen molar-refractivity contribution in [3.05, 3.63) is 65.5 Å². The van der Waals surface area contributed by atoms with Gasteiger partial charge in [0.05, 0.1) is 0 Å². The zero-order chi connectivity index (χ0) is 19.4. The van der Waals surface area contributed by atoms with Gasteiger partial charge in [0, 0.05) is 24.6 Å². The van der Waals surface area contributed by atoms with Crippen LogP contribution in [0.15, 0.2) is 48.5 Å². The largest absolute Gasteiger partial charge is 0.573 e. The van der Waals surface area contributed by atoms with Crippen molar-refractivity contribution in [2.75, 3.05) is 13.1 Å². The monoisotopic (exact) mass is 381 g/mol. The standard InChI is InChI=1S/C20H19F4NO2/c21-17-9-7-14(8-10-17)16-4-1-2-11-25(13-16)19(26)15-5-3-6-18(12-15)27-20(22,23)24/h3,5-10,12,16H,1-2,4,11,13H2. The van der Waals surface area contributed by atoms with Gasteiger partial charge in [0.1, 0.15) is 11.6 Å². The Hall–Kier alpha value is -2.57. The van der Waals surface area contributed by atoms with E-state index in [-0.39, 0.29) is 23.2 Å². The van der Waals surface area contributed by atoms with Crippen LogP contribution in [-0.4, -0.2) is 30.3 Å². The van der Waals surface area contributed by atoms with Crippen molar-refractivity contribution in [1.29, 1.82) is 0 Å². The van der Waals surface area contributed by atoms with Crippen LogP contribution >= 0.6 is 0 Å². The SMILES string of the molecule is O=C(c1cccc(OC(F)(F)F)c1)N1CCCCC(c2ccc(F)cc2)C1. The van der Waals surface area contributed by atoms with Crippen molar-refractivity contribution in [1.82, 2.24) is 4.90 Å². The third-order valence-corrected chi connectivity index (χ3v) is 4.61. The van der Waals surface area contributed by atoms with Gasteiger partial charge in [0.25, 0.3) is 5.91 Å². The maximum atomic E-state index is 13.2. The first kappa shape index (κ1) is 19.2. The third kappa shape index (κ3) is 5.21. The third-order valence-electron chi connectivity index (χ3n) is 4.61. The van der Waals surface area contributed by atoms with Crippen molar-refractivity contribution in [3.8, 4) is 5.75 Å². The molecule has 1 aliphatic heterocycles. The van der Waals surface area contributed by atoms with Crippen LogP contribution in [0.25, 0.3) is 0 Å². The second-order valence-electron chi connectivity index (χ2n) is 6.57. The topological polar surface area (TPSA) is 29.5 Å². The Kier molecular flexibility index (Phi) is 5.68. The van der Waals surface area contributed by atoms with Crippen LogP contribution < -0.4 is 4.74 Å². The zero-order valence-electron chi connectivity index (χ0n) is 14.5. The molecule has 1 aliphatic rings. The highest BCUT2D eigenvalue weighted by Crippen LogP contribution is 2.28. The van der Waals surface area contributed by atoms with Gasteiger partial charge < -0.3 is 9.64 Å². The molecule has 0 aromatic heterocycles. The van der Waals surface area contributed by atoms with Gasteiger partial charge in [-0.1, -0.05) is 24.6 Å². The Morgan fingerprint density at radius 2 is 1.81 bits per heavy atom. The van der Waals surface area contributed by atoms with Crippen LogP contribution in [0.4, 0.5) is 17.6 Å². The van der Waals surface area contributed by atoms with Crippen molar-refractivity contribution in [3.63, 3.8) is 0 Å². The molecule has 0 saturated carbocycles. The number of ether oxygens (including phenoxy) is 1. The molecule has 27 heavy (non-hydrogen) atoms. The number of hydrogen-bond acceptors (Lipinski definition) is 2. The second kappa shape index (κ2) is 7.98. The molecule has 144 valence electrons. The van der Waals surface area contributed by atoms with E-state index in [0.29, 0.717) is 13.1 Å². The minimum absolute atomic E-state index is 0.0617. The summed E-state index contributed by atoms with van der Waals surface area (Å²) in [7, 11) is 0. The number of hydrogen-bond donors (Lipinski definition) is 0. The van der Waals surface area contributed by atoms with E-state index in [9.17, 15) is 22.4 Å². The van der Waals surface area contributed by atoms with Gasteiger partial charge in [-0.15, -0.1) is 13.2 Å². The quantitative estimate of drug-likeness (QED) is 0.690. The number of alkyl halides is 3. The van der Waals surface area contributed by atoms with Crippen LogP contribution in [0.2, 0.25) is 0 Å². The normalized spacial score (nSPS) is 18.1. The fourth-order valence-electron chi connectivity index (χ4n) is 3.34. The summed E-state index contributed by atoms with van der Waals surface area (Å²) in [5.74, 6) is -1.01. The molecule has 1 saturated heterocycles. The molecule has 0 bridgehead atoms. The maximum absolute atomic E-state index is 13.2. The molecule has 0 spiro atoms. The molecule has 1 fully saturated rings. The highest BCUT2D eigenvalue weighted by Gasteiger charge is 2.31. The summed E-state index contributed by atoms with van der Waals surface area (Å²) in [6.07, 6.45) is -2.21. The van der Waals surface area contributed by atoms with Crippen molar-refractivity contribution < 1.29 is 27.1 Å². The van der Waals surface area contributed by atoms with Crippen LogP contribution in [0.5, 0.6) is 5.75 Å². The van der Waals surface area contributed by atoms with Gasteiger partial charge in [-0.05, 0) is 48.7 Å². The number of carbonyl (C=O) groups is 1. The Balaban J connectivity index is 1.77. The van der Waals surface area contributed by atoms with Crippen molar-refractivity contribution in [2.24, 2.45) is 0 Å². The summed E-state index contributed by atoms with van der Waals surface area (Å²) in [5, 5.41) is 0. The molecule has 7 heteroatoms. The average Bonchev–Trinajstić information content (AvgIpc) is 2.87. The highest BCUT2D eigenvalue weighted by atomic mass is 19.4. The number of nitrogens with zero attached hydrogens (tertiary/aromatic N) is 1. The molecular weight excluding hydrogens is 362 g/mol. The summed E-state index contributed by atoms with van der Waals surface area (Å²) in [6, 6.07) is 11.3. The van der Waals surface area contributed by atoms with Gasteiger partial charge in [-0.2, -0.15) is 0 Å². The smallest absolute Gasteiger partial charge is 0.406 e. The lowest BCUT2D eigenvalue weighted by atomic mass is 9.94. The molecule has 1 unspecified atom stereocenters. The predicted octanol–water partition coefficient (Wildman–Crippen LogP) is 5.13. The molecule has 1 atom stereocenters. The van der Waals surface area contributed by atoms with Gasteiger partial charge in [-0.3, -0.25) is 4.79 Å². The molecule has 1 amide bonds. The minimum Gasteiger partial charge on any atom is -0.406 e. The fraction of sp³-hybridized carbons (Fsp3) is 0.350. The molecule has 0 N–H and O–H groups in total. The second-order valence-corrected chi connectivity index (χ2v) is 6.57. The van der Waals surface area contributed by atoms with E-state index in [1.165, 1.54) is 24.3 Å². The Morgan fingerprint density at radius 1 is 1.07 bits per heavy atom. The lowest BCUT2D eigenvalue weighted by Gasteiger charge is -2.25. The summed E-state index contributed by atoms with van der Waals surface area (Å²) in [5.41, 5.74) is 1.10. The van der Waals surface area contributed by atoms with Crippen LogP contribution in [-0.2, 0) is 0 Å². The molecule has 0 aliphatic carbocycles. The maximum Gasteiger partial charge on any atom is 0.573 e. The summed E-state index contributed by atoms with van der Waals surface area (Å²) in [6.45, 7) is 0.968. The Labute approximate surface area is 154 Å². The molecule has 3 rings (SSSR count). The lowest BCUT2D eigenvalue weighted by molar-refractivity contribution is -0.274. The van der Waals surface area contributed by atoms with Crippen LogP contribution in [0.1, 0.15) is 41.1 Å². The number of carbonyl (C=O) groups excluding carboxylic acids is 1. The average molecular weight is 381 g/mol. The molecule has 2 aromatic carbocycles. The fourth-order valence-corrected chi connectivity index (χ4v) is 3.34. The minimum atomic E-state index is -4.81. The van der Waals surface area contributed by atoms with Crippen molar-refractivity contribution in [2.45, 2.75) is 31.5 Å². The summed E-state index contributed by atoms with van der Waals surface area (Å²) < 4.78 is 54.3. The van der Waals surface area contributed by atoms with E-state index < -0.39 is 12.1 Å². The first-order valence-electron chi connectivity index (χ1n) is 8.72. The summed E-state index contributed by atoms with van der Waals surface area (Å²) >= 11 is 0. The summed E-state index contributed by atoms with van der Waals surface area (Å²) in [4.78, 5) is 14.5. The number of halogens is 4. The van der Waals surface area contributed by atoms with E-state index in [1.807, 2.05) is 0 Å². The van der Waals surface area contributed by atoms with Gasteiger partial charge in [0.15, 0.2) is 0 Å². The van der Waals surface area contributed by atoms with E-state index in [1.54, 1.807) is 17.0 Å². The lowest BCUT2D eigenvalue weighted by Crippen LogP contribution is -2.34. The van der Waals surface area contributed by atoms with Crippen LogP contribution in [0.3, 0.4) is 0 Å². The van der Waals surface area contributed by atoms with Crippen molar-refractivity contribution >= 4 is 5.91 Å². The molecule has 3 nitrogen and oxygen atoms in total. The first-order chi connectivity index (χ1) is 12.8. The Bertz CT molecular complexity index is 789. The molecular formula is C20H19F4NO2. The molecule has 1 heterocycles. The van der Waals surface area contributed by atoms with Gasteiger partial charge >= 0.3 is 6.36 Å². The van der Waals surface area contributed by atoms with E-state index in [4.69, 9.17) is 0 Å².